The van der Waals surface area contributed by atoms with Gasteiger partial charge in [0.1, 0.15) is 5.82 Å². The quantitative estimate of drug-likeness (QED) is 0.753. The highest BCUT2D eigenvalue weighted by molar-refractivity contribution is 9.10. The molecule has 0 aliphatic heterocycles. The monoisotopic (exact) mass is 320 g/mol. The van der Waals surface area contributed by atoms with Gasteiger partial charge in [0.15, 0.2) is 5.78 Å². The first-order valence-corrected chi connectivity index (χ1v) is 6.81. The maximum atomic E-state index is 13.0. The third kappa shape index (κ3) is 3.29. The van der Waals surface area contributed by atoms with Crippen LogP contribution in [0.2, 0.25) is 0 Å². The van der Waals surface area contributed by atoms with Gasteiger partial charge in [-0.05, 0) is 48.7 Å². The number of hydrogen-bond donors (Lipinski definition) is 0. The van der Waals surface area contributed by atoms with Crippen molar-refractivity contribution in [1.29, 1.82) is 0 Å². The van der Waals surface area contributed by atoms with E-state index in [1.54, 1.807) is 6.07 Å². The lowest BCUT2D eigenvalue weighted by Gasteiger charge is -2.07. The number of aryl methyl sites for hydroxylation is 2. The summed E-state index contributed by atoms with van der Waals surface area (Å²) in [5, 5.41) is 0. The van der Waals surface area contributed by atoms with E-state index in [1.165, 1.54) is 12.1 Å². The van der Waals surface area contributed by atoms with E-state index in [0.717, 1.165) is 21.2 Å². The van der Waals surface area contributed by atoms with Crippen LogP contribution in [0.4, 0.5) is 4.39 Å². The Morgan fingerprint density at radius 1 is 1.11 bits per heavy atom. The summed E-state index contributed by atoms with van der Waals surface area (Å²) in [6, 6.07) is 10.1. The van der Waals surface area contributed by atoms with Crippen molar-refractivity contribution in [3.05, 3.63) is 68.9 Å². The van der Waals surface area contributed by atoms with Crippen LogP contribution in [-0.2, 0) is 6.42 Å². The molecule has 0 aliphatic rings. The fourth-order valence-electron chi connectivity index (χ4n) is 1.90. The molecule has 0 saturated heterocycles. The molecule has 0 heterocycles. The van der Waals surface area contributed by atoms with Gasteiger partial charge in [-0.1, -0.05) is 34.1 Å². The van der Waals surface area contributed by atoms with Gasteiger partial charge in [-0.3, -0.25) is 4.79 Å². The number of hydrogen-bond acceptors (Lipinski definition) is 1. The summed E-state index contributed by atoms with van der Waals surface area (Å²) >= 11 is 3.42. The zero-order chi connectivity index (χ0) is 14.0. The summed E-state index contributed by atoms with van der Waals surface area (Å²) in [7, 11) is 0. The van der Waals surface area contributed by atoms with Crippen LogP contribution in [0.5, 0.6) is 0 Å². The minimum atomic E-state index is -0.272. The van der Waals surface area contributed by atoms with Gasteiger partial charge in [0.05, 0.1) is 0 Å². The second-order valence-electron chi connectivity index (χ2n) is 4.63. The number of carbonyl (C=O) groups is 1. The summed E-state index contributed by atoms with van der Waals surface area (Å²) in [5.41, 5.74) is 3.43. The second kappa shape index (κ2) is 5.66. The van der Waals surface area contributed by atoms with Crippen LogP contribution in [0.25, 0.3) is 0 Å². The van der Waals surface area contributed by atoms with Crippen molar-refractivity contribution in [2.45, 2.75) is 20.3 Å². The molecule has 0 bridgehead atoms. The molecule has 0 aliphatic carbocycles. The van der Waals surface area contributed by atoms with Crippen LogP contribution in [-0.4, -0.2) is 5.78 Å². The lowest BCUT2D eigenvalue weighted by atomic mass is 9.99. The predicted octanol–water partition coefficient (Wildman–Crippen LogP) is 4.63. The van der Waals surface area contributed by atoms with Crippen LogP contribution in [0.1, 0.15) is 27.0 Å². The standard InChI is InChI=1S/C16H14BrFO/c1-10-3-4-13(8-15(10)17)16(19)9-12-5-6-14(18)7-11(12)2/h3-8H,9H2,1-2H3. The zero-order valence-corrected chi connectivity index (χ0v) is 12.4. The Bertz CT molecular complexity index is 635. The number of benzene rings is 2. The van der Waals surface area contributed by atoms with Gasteiger partial charge in [-0.15, -0.1) is 0 Å². The Morgan fingerprint density at radius 2 is 1.84 bits per heavy atom. The molecule has 98 valence electrons. The summed E-state index contributed by atoms with van der Waals surface area (Å²) in [4.78, 5) is 12.2. The van der Waals surface area contributed by atoms with E-state index in [-0.39, 0.29) is 11.6 Å². The van der Waals surface area contributed by atoms with Gasteiger partial charge in [0.25, 0.3) is 0 Å². The second-order valence-corrected chi connectivity index (χ2v) is 5.49. The lowest BCUT2D eigenvalue weighted by Crippen LogP contribution is -2.05. The highest BCUT2D eigenvalue weighted by atomic mass is 79.9. The molecule has 0 radical (unpaired) electrons. The predicted molar refractivity (Wildman–Crippen MR) is 78.1 cm³/mol. The molecule has 0 spiro atoms. The summed E-state index contributed by atoms with van der Waals surface area (Å²) < 4.78 is 13.9. The van der Waals surface area contributed by atoms with Crippen molar-refractivity contribution in [2.75, 3.05) is 0 Å². The molecule has 19 heavy (non-hydrogen) atoms. The molecule has 0 fully saturated rings. The first kappa shape index (κ1) is 13.9. The average molecular weight is 321 g/mol. The normalized spacial score (nSPS) is 10.5. The lowest BCUT2D eigenvalue weighted by molar-refractivity contribution is 0.0992. The van der Waals surface area contributed by atoms with E-state index in [1.807, 2.05) is 32.0 Å². The van der Waals surface area contributed by atoms with Crippen molar-refractivity contribution in [3.63, 3.8) is 0 Å². The van der Waals surface area contributed by atoms with E-state index in [2.05, 4.69) is 15.9 Å². The Labute approximate surface area is 120 Å². The SMILES string of the molecule is Cc1ccc(C(=O)Cc2ccc(F)cc2C)cc1Br. The molecule has 0 N–H and O–H groups in total. The number of halogens is 2. The topological polar surface area (TPSA) is 17.1 Å². The van der Waals surface area contributed by atoms with Gasteiger partial charge < -0.3 is 0 Å². The molecule has 2 aromatic carbocycles. The molecule has 0 saturated carbocycles. The summed E-state index contributed by atoms with van der Waals surface area (Å²) in [5.74, 6) is -0.234. The van der Waals surface area contributed by atoms with Crippen LogP contribution >= 0.6 is 15.9 Å². The van der Waals surface area contributed by atoms with E-state index < -0.39 is 0 Å². The maximum absolute atomic E-state index is 13.0. The number of ketones is 1. The fourth-order valence-corrected chi connectivity index (χ4v) is 2.28. The highest BCUT2D eigenvalue weighted by Crippen LogP contribution is 2.19. The average Bonchev–Trinajstić information content (AvgIpc) is 2.36. The molecule has 0 aromatic heterocycles. The first-order chi connectivity index (χ1) is 8.97. The number of carbonyl (C=O) groups excluding carboxylic acids is 1. The number of Topliss-reactive ketones (excluding diaryl/α,β-unsaturated/α-hetero) is 1. The molecular formula is C16H14BrFO. The third-order valence-electron chi connectivity index (χ3n) is 3.15. The van der Waals surface area contributed by atoms with E-state index in [4.69, 9.17) is 0 Å². The first-order valence-electron chi connectivity index (χ1n) is 6.02. The molecule has 0 amide bonds. The van der Waals surface area contributed by atoms with Crippen LogP contribution in [0, 0.1) is 19.7 Å². The molecule has 2 rings (SSSR count). The molecule has 3 heteroatoms. The van der Waals surface area contributed by atoms with Crippen LogP contribution in [0.3, 0.4) is 0 Å². The Morgan fingerprint density at radius 3 is 2.47 bits per heavy atom. The molecule has 1 nitrogen and oxygen atoms in total. The van der Waals surface area contributed by atoms with Crippen molar-refractivity contribution in [2.24, 2.45) is 0 Å². The van der Waals surface area contributed by atoms with Crippen molar-refractivity contribution in [1.82, 2.24) is 0 Å². The van der Waals surface area contributed by atoms with Gasteiger partial charge >= 0.3 is 0 Å². The van der Waals surface area contributed by atoms with E-state index in [0.29, 0.717) is 12.0 Å². The molecule has 0 unspecified atom stereocenters. The van der Waals surface area contributed by atoms with Crippen molar-refractivity contribution in [3.8, 4) is 0 Å². The van der Waals surface area contributed by atoms with Crippen molar-refractivity contribution >= 4 is 21.7 Å². The Hall–Kier alpha value is -1.48. The molecule has 2 aromatic rings. The van der Waals surface area contributed by atoms with Gasteiger partial charge in [-0.2, -0.15) is 0 Å². The van der Waals surface area contributed by atoms with Crippen LogP contribution in [0.15, 0.2) is 40.9 Å². The highest BCUT2D eigenvalue weighted by Gasteiger charge is 2.10. The van der Waals surface area contributed by atoms with E-state index >= 15 is 0 Å². The van der Waals surface area contributed by atoms with Gasteiger partial charge in [0.2, 0.25) is 0 Å². The summed E-state index contributed by atoms with van der Waals surface area (Å²) in [6.45, 7) is 3.79. The smallest absolute Gasteiger partial charge is 0.167 e. The molecular weight excluding hydrogens is 307 g/mol. The fraction of sp³-hybridized carbons (Fsp3) is 0.188. The van der Waals surface area contributed by atoms with Crippen LogP contribution < -0.4 is 0 Å². The molecule has 0 atom stereocenters. The third-order valence-corrected chi connectivity index (χ3v) is 4.00. The maximum Gasteiger partial charge on any atom is 0.167 e. The zero-order valence-electron chi connectivity index (χ0n) is 10.8. The Kier molecular flexibility index (Phi) is 4.15. The van der Waals surface area contributed by atoms with Gasteiger partial charge in [0, 0.05) is 16.5 Å². The van der Waals surface area contributed by atoms with Crippen molar-refractivity contribution < 1.29 is 9.18 Å². The Balaban J connectivity index is 2.23. The van der Waals surface area contributed by atoms with E-state index in [9.17, 15) is 9.18 Å². The number of rotatable bonds is 3. The van der Waals surface area contributed by atoms with Gasteiger partial charge in [-0.25, -0.2) is 4.39 Å². The minimum Gasteiger partial charge on any atom is -0.294 e. The summed E-state index contributed by atoms with van der Waals surface area (Å²) in [6.07, 6.45) is 0.293. The largest absolute Gasteiger partial charge is 0.294 e. The minimum absolute atomic E-state index is 0.0374.